The molecular formula is C23H16Cl2FN3O2S. The van der Waals surface area contributed by atoms with E-state index in [2.05, 4.69) is 10.3 Å². The lowest BCUT2D eigenvalue weighted by molar-refractivity contribution is -0.113. The molecule has 1 aromatic heterocycles. The fraction of sp³-hybridized carbons (Fsp3) is 0.0870. The summed E-state index contributed by atoms with van der Waals surface area (Å²) in [6.07, 6.45) is 0. The summed E-state index contributed by atoms with van der Waals surface area (Å²) < 4.78 is 14.8. The molecule has 0 aliphatic heterocycles. The molecule has 0 unspecified atom stereocenters. The molecule has 1 amide bonds. The minimum absolute atomic E-state index is 0.0122. The zero-order chi connectivity index (χ0) is 22.7. The summed E-state index contributed by atoms with van der Waals surface area (Å²) in [4.78, 5) is 30.2. The molecule has 0 radical (unpaired) electrons. The van der Waals surface area contributed by atoms with E-state index < -0.39 is 0 Å². The van der Waals surface area contributed by atoms with E-state index in [0.717, 1.165) is 17.3 Å². The maximum atomic E-state index is 13.3. The number of aromatic nitrogens is 2. The van der Waals surface area contributed by atoms with Gasteiger partial charge in [0.25, 0.3) is 5.56 Å². The highest BCUT2D eigenvalue weighted by atomic mass is 35.5. The van der Waals surface area contributed by atoms with Crippen molar-refractivity contribution in [3.63, 3.8) is 0 Å². The number of carbonyl (C=O) groups is 1. The quantitative estimate of drug-likeness (QED) is 0.283. The lowest BCUT2D eigenvalue weighted by Crippen LogP contribution is -2.25. The number of nitrogens with one attached hydrogen (secondary N) is 1. The number of benzene rings is 3. The summed E-state index contributed by atoms with van der Waals surface area (Å²) in [7, 11) is 0. The van der Waals surface area contributed by atoms with Crippen molar-refractivity contribution in [3.05, 3.63) is 98.5 Å². The number of amides is 1. The molecule has 4 aromatic rings. The van der Waals surface area contributed by atoms with Gasteiger partial charge in [-0.2, -0.15) is 0 Å². The minimum atomic E-state index is -0.356. The summed E-state index contributed by atoms with van der Waals surface area (Å²) in [5.41, 5.74) is 1.52. The summed E-state index contributed by atoms with van der Waals surface area (Å²) in [6.45, 7) is 0.199. The fourth-order valence-electron chi connectivity index (χ4n) is 3.12. The SMILES string of the molecule is O=C(CSc1nc2ccccc2c(=O)n1Cc1ccc(F)cc1)Nc1cc(Cl)cc(Cl)c1. The predicted octanol–water partition coefficient (Wildman–Crippen LogP) is 5.62. The van der Waals surface area contributed by atoms with E-state index in [1.807, 2.05) is 0 Å². The van der Waals surface area contributed by atoms with Crippen LogP contribution in [0, 0.1) is 5.82 Å². The summed E-state index contributed by atoms with van der Waals surface area (Å²) in [6, 6.07) is 17.7. The van der Waals surface area contributed by atoms with Crippen LogP contribution in [0.5, 0.6) is 0 Å². The smallest absolute Gasteiger partial charge is 0.262 e. The normalized spacial score (nSPS) is 11.0. The summed E-state index contributed by atoms with van der Waals surface area (Å²) in [5.74, 6) is -0.646. The highest BCUT2D eigenvalue weighted by molar-refractivity contribution is 7.99. The molecule has 1 heterocycles. The van der Waals surface area contributed by atoms with E-state index in [9.17, 15) is 14.0 Å². The topological polar surface area (TPSA) is 64.0 Å². The van der Waals surface area contributed by atoms with E-state index in [1.165, 1.54) is 16.7 Å². The molecule has 32 heavy (non-hydrogen) atoms. The van der Waals surface area contributed by atoms with E-state index in [4.69, 9.17) is 23.2 Å². The number of thioether (sulfide) groups is 1. The highest BCUT2D eigenvalue weighted by Crippen LogP contribution is 2.24. The van der Waals surface area contributed by atoms with Crippen molar-refractivity contribution in [1.82, 2.24) is 9.55 Å². The van der Waals surface area contributed by atoms with Gasteiger partial charge in [-0.25, -0.2) is 9.37 Å². The van der Waals surface area contributed by atoms with Gasteiger partial charge in [-0.3, -0.25) is 14.2 Å². The number of anilines is 1. The average molecular weight is 488 g/mol. The van der Waals surface area contributed by atoms with Gasteiger partial charge in [0.2, 0.25) is 5.91 Å². The molecule has 5 nitrogen and oxygen atoms in total. The van der Waals surface area contributed by atoms with Crippen molar-refractivity contribution < 1.29 is 9.18 Å². The Bertz CT molecular complexity index is 1340. The number of hydrogen-bond acceptors (Lipinski definition) is 4. The molecular weight excluding hydrogens is 472 g/mol. The van der Waals surface area contributed by atoms with Gasteiger partial charge in [-0.1, -0.05) is 59.2 Å². The Morgan fingerprint density at radius 1 is 1.03 bits per heavy atom. The van der Waals surface area contributed by atoms with Crippen LogP contribution in [0.4, 0.5) is 10.1 Å². The predicted molar refractivity (Wildman–Crippen MR) is 127 cm³/mol. The number of nitrogens with zero attached hydrogens (tertiary/aromatic N) is 2. The van der Waals surface area contributed by atoms with Gasteiger partial charge in [0, 0.05) is 15.7 Å². The molecule has 1 N–H and O–H groups in total. The second-order valence-corrected chi connectivity index (χ2v) is 8.74. The van der Waals surface area contributed by atoms with Crippen LogP contribution in [0.1, 0.15) is 5.56 Å². The Labute approximate surface area is 197 Å². The molecule has 0 bridgehead atoms. The molecule has 0 aliphatic carbocycles. The number of rotatable bonds is 6. The lowest BCUT2D eigenvalue weighted by Gasteiger charge is -2.13. The van der Waals surface area contributed by atoms with Gasteiger partial charge in [-0.15, -0.1) is 0 Å². The number of carbonyl (C=O) groups excluding carboxylic acids is 1. The number of para-hydroxylation sites is 1. The summed E-state index contributed by atoms with van der Waals surface area (Å²) in [5, 5.41) is 4.41. The van der Waals surface area contributed by atoms with Crippen LogP contribution in [-0.2, 0) is 11.3 Å². The largest absolute Gasteiger partial charge is 0.325 e. The molecule has 4 rings (SSSR count). The second kappa shape index (κ2) is 9.73. The monoisotopic (exact) mass is 487 g/mol. The number of halogens is 3. The first-order valence-corrected chi connectivity index (χ1v) is 11.3. The van der Waals surface area contributed by atoms with E-state index in [1.54, 1.807) is 54.6 Å². The number of hydrogen-bond donors (Lipinski definition) is 1. The van der Waals surface area contributed by atoms with Crippen LogP contribution in [-0.4, -0.2) is 21.2 Å². The molecule has 3 aromatic carbocycles. The highest BCUT2D eigenvalue weighted by Gasteiger charge is 2.14. The van der Waals surface area contributed by atoms with Crippen LogP contribution < -0.4 is 10.9 Å². The van der Waals surface area contributed by atoms with Crippen LogP contribution in [0.3, 0.4) is 0 Å². The van der Waals surface area contributed by atoms with Gasteiger partial charge < -0.3 is 5.32 Å². The molecule has 0 atom stereocenters. The molecule has 162 valence electrons. The van der Waals surface area contributed by atoms with E-state index >= 15 is 0 Å². The third-order valence-electron chi connectivity index (χ3n) is 4.56. The zero-order valence-corrected chi connectivity index (χ0v) is 18.8. The van der Waals surface area contributed by atoms with Gasteiger partial charge in [-0.05, 0) is 48.0 Å². The lowest BCUT2D eigenvalue weighted by atomic mass is 10.2. The Balaban J connectivity index is 1.60. The maximum absolute atomic E-state index is 13.3. The van der Waals surface area contributed by atoms with Crippen molar-refractivity contribution >= 4 is 57.5 Å². The van der Waals surface area contributed by atoms with Crippen LogP contribution in [0.2, 0.25) is 10.0 Å². The molecule has 0 saturated heterocycles. The van der Waals surface area contributed by atoms with E-state index in [-0.39, 0.29) is 29.6 Å². The van der Waals surface area contributed by atoms with Crippen LogP contribution in [0.25, 0.3) is 10.9 Å². The first-order chi connectivity index (χ1) is 15.4. The molecule has 9 heteroatoms. The molecule has 0 fully saturated rings. The van der Waals surface area contributed by atoms with Crippen molar-refractivity contribution in [1.29, 1.82) is 0 Å². The van der Waals surface area contributed by atoms with Gasteiger partial charge in [0.1, 0.15) is 5.82 Å². The second-order valence-electron chi connectivity index (χ2n) is 6.92. The first kappa shape index (κ1) is 22.3. The number of fused-ring (bicyclic) bond motifs is 1. The van der Waals surface area contributed by atoms with Crippen molar-refractivity contribution in [3.8, 4) is 0 Å². The molecule has 0 saturated carbocycles. The van der Waals surface area contributed by atoms with E-state index in [0.29, 0.717) is 31.8 Å². The van der Waals surface area contributed by atoms with Crippen LogP contribution in [0.15, 0.2) is 76.7 Å². The third kappa shape index (κ3) is 5.30. The summed E-state index contributed by atoms with van der Waals surface area (Å²) >= 11 is 13.1. The van der Waals surface area contributed by atoms with Crippen molar-refractivity contribution in [2.45, 2.75) is 11.7 Å². The first-order valence-electron chi connectivity index (χ1n) is 9.52. The Morgan fingerprint density at radius 3 is 2.44 bits per heavy atom. The van der Waals surface area contributed by atoms with Gasteiger partial charge in [0.05, 0.1) is 23.2 Å². The minimum Gasteiger partial charge on any atom is -0.325 e. The van der Waals surface area contributed by atoms with Crippen molar-refractivity contribution in [2.24, 2.45) is 0 Å². The Hall–Kier alpha value is -2.87. The standard InChI is InChI=1S/C23H16Cl2FN3O2S/c24-15-9-16(25)11-18(10-15)27-21(30)13-32-23-28-20-4-2-1-3-19(20)22(31)29(23)12-14-5-7-17(26)8-6-14/h1-11H,12-13H2,(H,27,30). The van der Waals surface area contributed by atoms with Gasteiger partial charge in [0.15, 0.2) is 5.16 Å². The van der Waals surface area contributed by atoms with Crippen molar-refractivity contribution in [2.75, 3.05) is 11.1 Å². The Kier molecular flexibility index (Phi) is 6.79. The third-order valence-corrected chi connectivity index (χ3v) is 5.97. The van der Waals surface area contributed by atoms with Crippen LogP contribution >= 0.6 is 35.0 Å². The average Bonchev–Trinajstić information content (AvgIpc) is 2.75. The Morgan fingerprint density at radius 2 is 1.72 bits per heavy atom. The zero-order valence-electron chi connectivity index (χ0n) is 16.5. The van der Waals surface area contributed by atoms with Gasteiger partial charge >= 0.3 is 0 Å². The fourth-order valence-corrected chi connectivity index (χ4v) is 4.45. The molecule has 0 aliphatic rings. The maximum Gasteiger partial charge on any atom is 0.262 e. The molecule has 0 spiro atoms.